The Labute approximate surface area is 57.6 Å². The maximum atomic E-state index is 2.44. The molecule has 0 saturated heterocycles. The zero-order valence-electron chi connectivity index (χ0n) is 6.27. The Balaban J connectivity index is 2.05. The van der Waals surface area contributed by atoms with Crippen LogP contribution >= 0.6 is 0 Å². The number of hydrogen-bond donors (Lipinski definition) is 0. The molecule has 0 aromatic carbocycles. The summed E-state index contributed by atoms with van der Waals surface area (Å²) in [6.45, 7) is 2.44. The van der Waals surface area contributed by atoms with E-state index in [4.69, 9.17) is 0 Å². The van der Waals surface area contributed by atoms with Crippen molar-refractivity contribution >= 4 is 0 Å². The monoisotopic (exact) mass is 124 g/mol. The predicted octanol–water partition coefficient (Wildman–Crippen LogP) is 2.83. The van der Waals surface area contributed by atoms with Crippen LogP contribution in [-0.2, 0) is 0 Å². The van der Waals surface area contributed by atoms with Crippen LogP contribution in [0.25, 0.3) is 0 Å². The largest absolute Gasteiger partial charge is 0.0622 e. The summed E-state index contributed by atoms with van der Waals surface area (Å²) >= 11 is 0. The van der Waals surface area contributed by atoms with Gasteiger partial charge in [0.25, 0.3) is 0 Å². The lowest BCUT2D eigenvalue weighted by Gasteiger charge is -2.24. The van der Waals surface area contributed by atoms with Gasteiger partial charge in [-0.05, 0) is 30.6 Å². The molecule has 0 aliphatic heterocycles. The summed E-state index contributed by atoms with van der Waals surface area (Å²) in [5.41, 5.74) is 0. The van der Waals surface area contributed by atoms with Crippen molar-refractivity contribution in [1.82, 2.24) is 0 Å². The van der Waals surface area contributed by atoms with Crippen LogP contribution in [0.4, 0.5) is 0 Å². The summed E-state index contributed by atoms with van der Waals surface area (Å²) in [5.74, 6) is 3.33. The van der Waals surface area contributed by atoms with Gasteiger partial charge in [-0.3, -0.25) is 0 Å². The third-order valence-electron chi connectivity index (χ3n) is 3.42. The minimum absolute atomic E-state index is 1.06. The van der Waals surface area contributed by atoms with E-state index in [1.54, 1.807) is 19.3 Å². The predicted molar refractivity (Wildman–Crippen MR) is 39.2 cm³/mol. The van der Waals surface area contributed by atoms with Gasteiger partial charge < -0.3 is 0 Å². The maximum absolute atomic E-state index is 2.44. The highest BCUT2D eigenvalue weighted by atomic mass is 14.4. The average molecular weight is 124 g/mol. The second-order valence-electron chi connectivity index (χ2n) is 3.99. The van der Waals surface area contributed by atoms with Gasteiger partial charge in [-0.25, -0.2) is 0 Å². The molecule has 2 rings (SSSR count). The van der Waals surface area contributed by atoms with Crippen molar-refractivity contribution in [3.8, 4) is 0 Å². The van der Waals surface area contributed by atoms with E-state index in [-0.39, 0.29) is 0 Å². The van der Waals surface area contributed by atoms with E-state index < -0.39 is 0 Å². The van der Waals surface area contributed by atoms with E-state index in [0.29, 0.717) is 0 Å². The molecule has 3 atom stereocenters. The van der Waals surface area contributed by atoms with Crippen molar-refractivity contribution in [3.05, 3.63) is 0 Å². The zero-order chi connectivity index (χ0) is 6.27. The molecule has 0 N–H and O–H groups in total. The molecule has 0 radical (unpaired) electrons. The van der Waals surface area contributed by atoms with E-state index in [0.717, 1.165) is 17.8 Å². The molecule has 0 heterocycles. The van der Waals surface area contributed by atoms with Crippen molar-refractivity contribution in [2.75, 3.05) is 0 Å². The Morgan fingerprint density at radius 2 is 1.78 bits per heavy atom. The minimum atomic E-state index is 1.06. The molecule has 1 unspecified atom stereocenters. The molecule has 0 spiro atoms. The van der Waals surface area contributed by atoms with Gasteiger partial charge in [0.1, 0.15) is 0 Å². The lowest BCUT2D eigenvalue weighted by Crippen LogP contribution is -2.14. The van der Waals surface area contributed by atoms with Crippen LogP contribution in [-0.4, -0.2) is 0 Å². The first-order valence-electron chi connectivity index (χ1n) is 4.36. The van der Waals surface area contributed by atoms with Crippen LogP contribution in [0.2, 0.25) is 0 Å². The first kappa shape index (κ1) is 5.76. The summed E-state index contributed by atoms with van der Waals surface area (Å²) < 4.78 is 0. The van der Waals surface area contributed by atoms with E-state index >= 15 is 0 Å². The van der Waals surface area contributed by atoms with Crippen LogP contribution in [0.1, 0.15) is 39.0 Å². The van der Waals surface area contributed by atoms with Crippen LogP contribution in [0.15, 0.2) is 0 Å². The molecule has 2 bridgehead atoms. The molecular weight excluding hydrogens is 108 g/mol. The highest BCUT2D eigenvalue weighted by Crippen LogP contribution is 2.44. The third kappa shape index (κ3) is 0.889. The van der Waals surface area contributed by atoms with E-state index in [1.807, 2.05) is 0 Å². The maximum Gasteiger partial charge on any atom is -0.0386 e. The first-order valence-corrected chi connectivity index (χ1v) is 4.36. The lowest BCUT2D eigenvalue weighted by molar-refractivity contribution is 0.265. The lowest BCUT2D eigenvalue weighted by atomic mass is 9.81. The average Bonchev–Trinajstić information content (AvgIpc) is 2.25. The first-order chi connectivity index (χ1) is 4.36. The summed E-state index contributed by atoms with van der Waals surface area (Å²) in [7, 11) is 0. The van der Waals surface area contributed by atoms with Crippen molar-refractivity contribution in [2.45, 2.75) is 39.0 Å². The molecule has 2 aliphatic carbocycles. The smallest absolute Gasteiger partial charge is 0.0386 e. The third-order valence-corrected chi connectivity index (χ3v) is 3.42. The molecule has 2 fully saturated rings. The van der Waals surface area contributed by atoms with Crippen molar-refractivity contribution in [1.29, 1.82) is 0 Å². The Morgan fingerprint density at radius 1 is 1.00 bits per heavy atom. The molecule has 0 aromatic rings. The van der Waals surface area contributed by atoms with Gasteiger partial charge in [-0.15, -0.1) is 0 Å². The Bertz CT molecular complexity index is 107. The number of fused-ring (bicyclic) bond motifs is 2. The minimum Gasteiger partial charge on any atom is -0.0622 e. The highest BCUT2D eigenvalue weighted by molar-refractivity contribution is 4.84. The van der Waals surface area contributed by atoms with E-state index in [2.05, 4.69) is 6.92 Å². The zero-order valence-corrected chi connectivity index (χ0v) is 6.27. The van der Waals surface area contributed by atoms with Gasteiger partial charge in [0.2, 0.25) is 0 Å². The quantitative estimate of drug-likeness (QED) is 0.466. The van der Waals surface area contributed by atoms with E-state index in [9.17, 15) is 0 Å². The van der Waals surface area contributed by atoms with Gasteiger partial charge >= 0.3 is 0 Å². The van der Waals surface area contributed by atoms with Crippen LogP contribution in [0, 0.1) is 17.8 Å². The van der Waals surface area contributed by atoms with Gasteiger partial charge in [-0.1, -0.05) is 26.2 Å². The highest BCUT2D eigenvalue weighted by Gasteiger charge is 2.32. The Kier molecular flexibility index (Phi) is 1.28. The summed E-state index contributed by atoms with van der Waals surface area (Å²) in [5, 5.41) is 0. The molecule has 2 aliphatic rings. The summed E-state index contributed by atoms with van der Waals surface area (Å²) in [4.78, 5) is 0. The SMILES string of the molecule is C[C@@H]1CCC2CC[C@@H]1C2. The van der Waals surface area contributed by atoms with Gasteiger partial charge in [0.15, 0.2) is 0 Å². The second-order valence-corrected chi connectivity index (χ2v) is 3.99. The topological polar surface area (TPSA) is 0 Å². The standard InChI is InChI=1S/C9H16/c1-7-2-3-8-4-5-9(7)6-8/h7-9H,2-6H2,1H3/t7-,8?,9-/m1/s1. The van der Waals surface area contributed by atoms with Crippen molar-refractivity contribution in [3.63, 3.8) is 0 Å². The molecule has 9 heavy (non-hydrogen) atoms. The fourth-order valence-corrected chi connectivity index (χ4v) is 2.63. The normalized spacial score (nSPS) is 49.7. The van der Waals surface area contributed by atoms with Crippen LogP contribution in [0.3, 0.4) is 0 Å². The molecule has 0 nitrogen and oxygen atoms in total. The molecule has 2 saturated carbocycles. The fourth-order valence-electron chi connectivity index (χ4n) is 2.63. The molecule has 0 amide bonds. The molecule has 0 aromatic heterocycles. The van der Waals surface area contributed by atoms with Crippen molar-refractivity contribution < 1.29 is 0 Å². The Hall–Kier alpha value is 0. The van der Waals surface area contributed by atoms with Crippen LogP contribution < -0.4 is 0 Å². The molecular formula is C9H16. The number of rotatable bonds is 0. The van der Waals surface area contributed by atoms with E-state index in [1.165, 1.54) is 12.8 Å². The Morgan fingerprint density at radius 3 is 2.56 bits per heavy atom. The molecule has 0 heteroatoms. The fraction of sp³-hybridized carbons (Fsp3) is 1.00. The second kappa shape index (κ2) is 2.00. The van der Waals surface area contributed by atoms with Gasteiger partial charge in [0, 0.05) is 0 Å². The van der Waals surface area contributed by atoms with Crippen molar-refractivity contribution in [2.24, 2.45) is 17.8 Å². The van der Waals surface area contributed by atoms with Crippen LogP contribution in [0.5, 0.6) is 0 Å². The summed E-state index contributed by atoms with van der Waals surface area (Å²) in [6.07, 6.45) is 7.73. The van der Waals surface area contributed by atoms with Gasteiger partial charge in [0.05, 0.1) is 0 Å². The molecule has 52 valence electrons. The van der Waals surface area contributed by atoms with Gasteiger partial charge in [-0.2, -0.15) is 0 Å². The number of hydrogen-bond acceptors (Lipinski definition) is 0. The summed E-state index contributed by atoms with van der Waals surface area (Å²) in [6, 6.07) is 0.